The fourth-order valence-corrected chi connectivity index (χ4v) is 5.44. The number of amides is 4. The highest BCUT2D eigenvalue weighted by Crippen LogP contribution is 2.42. The van der Waals surface area contributed by atoms with Crippen molar-refractivity contribution in [3.8, 4) is 0 Å². The Hall–Kier alpha value is -2.78. The number of carbonyl (C=O) groups excluding carboxylic acids is 3. The molecule has 3 aliphatic rings. The zero-order valence-electron chi connectivity index (χ0n) is 17.4. The molecule has 4 amide bonds. The van der Waals surface area contributed by atoms with E-state index in [0.29, 0.717) is 5.13 Å². The Morgan fingerprint density at radius 1 is 1.29 bits per heavy atom. The summed E-state index contributed by atoms with van der Waals surface area (Å²) in [4.78, 5) is 46.6. The van der Waals surface area contributed by atoms with Crippen molar-refractivity contribution in [1.82, 2.24) is 20.1 Å². The summed E-state index contributed by atoms with van der Waals surface area (Å²) in [6.45, 7) is 4.05. The number of fused-ring (bicyclic) bond motifs is 1. The summed E-state index contributed by atoms with van der Waals surface area (Å²) in [6, 6.07) is 9.86. The van der Waals surface area contributed by atoms with Crippen LogP contribution < -0.4 is 10.6 Å². The quantitative estimate of drug-likeness (QED) is 0.674. The number of nitrogens with one attached hydrogen (secondary N) is 2. The van der Waals surface area contributed by atoms with Crippen LogP contribution in [0.4, 0.5) is 9.93 Å². The molecule has 0 unspecified atom stereocenters. The fraction of sp³-hybridized carbons (Fsp3) is 0.455. The van der Waals surface area contributed by atoms with Crippen LogP contribution in [-0.4, -0.2) is 51.3 Å². The predicted molar refractivity (Wildman–Crippen MR) is 116 cm³/mol. The first-order chi connectivity index (χ1) is 14.9. The lowest BCUT2D eigenvalue weighted by Crippen LogP contribution is -2.46. The molecule has 1 atom stereocenters. The number of urea groups is 1. The molecule has 3 heterocycles. The maximum absolute atomic E-state index is 12.7. The van der Waals surface area contributed by atoms with Gasteiger partial charge in [-0.15, -0.1) is 11.3 Å². The van der Waals surface area contributed by atoms with Crippen LogP contribution in [0.5, 0.6) is 0 Å². The van der Waals surface area contributed by atoms with Gasteiger partial charge in [0.25, 0.3) is 5.91 Å². The van der Waals surface area contributed by atoms with Gasteiger partial charge >= 0.3 is 6.03 Å². The van der Waals surface area contributed by atoms with E-state index in [-0.39, 0.29) is 18.4 Å². The molecule has 162 valence electrons. The SMILES string of the molecule is C[C@]1(C2CC2)NC(=O)N(CC(=O)Nc2nc3c(s2)CN(Cc2ccccc2)CC3)C1=O. The highest BCUT2D eigenvalue weighted by Gasteiger charge is 2.56. The van der Waals surface area contributed by atoms with Crippen molar-refractivity contribution in [2.24, 2.45) is 5.92 Å². The van der Waals surface area contributed by atoms with Gasteiger partial charge in [0.05, 0.1) is 5.69 Å². The largest absolute Gasteiger partial charge is 0.325 e. The number of rotatable bonds is 6. The molecule has 0 bridgehead atoms. The van der Waals surface area contributed by atoms with Gasteiger partial charge in [0, 0.05) is 30.9 Å². The topological polar surface area (TPSA) is 94.6 Å². The van der Waals surface area contributed by atoms with Crippen LogP contribution >= 0.6 is 11.3 Å². The zero-order chi connectivity index (χ0) is 21.6. The standard InChI is InChI=1S/C22H25N5O3S/c1-22(15-7-8-15)19(29)27(21(30)25-22)13-18(28)24-20-23-16-9-10-26(12-17(16)31-20)11-14-5-3-2-4-6-14/h2-6,15H,7-13H2,1H3,(H,25,30)(H,23,24,28)/t22-/m1/s1. The molecule has 5 rings (SSSR count). The van der Waals surface area contributed by atoms with Crippen molar-refractivity contribution >= 4 is 34.3 Å². The van der Waals surface area contributed by atoms with E-state index < -0.39 is 17.5 Å². The third-order valence-corrected chi connectivity index (χ3v) is 7.30. The molecule has 0 spiro atoms. The van der Waals surface area contributed by atoms with Crippen LogP contribution in [0.2, 0.25) is 0 Å². The van der Waals surface area contributed by atoms with Gasteiger partial charge in [-0.25, -0.2) is 9.78 Å². The lowest BCUT2D eigenvalue weighted by Gasteiger charge is -2.25. The van der Waals surface area contributed by atoms with Gasteiger partial charge < -0.3 is 10.6 Å². The number of imide groups is 1. The minimum atomic E-state index is -0.875. The van der Waals surface area contributed by atoms with Gasteiger partial charge in [0.2, 0.25) is 5.91 Å². The van der Waals surface area contributed by atoms with Crippen molar-refractivity contribution < 1.29 is 14.4 Å². The summed E-state index contributed by atoms with van der Waals surface area (Å²) in [5.74, 6) is -0.553. The number of nitrogens with zero attached hydrogens (tertiary/aromatic N) is 3. The second-order valence-corrected chi connectivity index (χ2v) is 9.77. The minimum Gasteiger partial charge on any atom is -0.323 e. The minimum absolute atomic E-state index is 0.168. The third-order valence-electron chi connectivity index (χ3n) is 6.30. The Morgan fingerprint density at radius 2 is 2.06 bits per heavy atom. The highest BCUT2D eigenvalue weighted by atomic mass is 32.1. The van der Waals surface area contributed by atoms with Crippen LogP contribution in [-0.2, 0) is 29.1 Å². The van der Waals surface area contributed by atoms with Gasteiger partial charge in [-0.2, -0.15) is 0 Å². The Morgan fingerprint density at radius 3 is 2.81 bits per heavy atom. The maximum atomic E-state index is 12.7. The lowest BCUT2D eigenvalue weighted by atomic mass is 9.96. The number of aromatic nitrogens is 1. The monoisotopic (exact) mass is 439 g/mol. The van der Waals surface area contributed by atoms with Gasteiger partial charge in [0.15, 0.2) is 5.13 Å². The number of thiazole rings is 1. The predicted octanol–water partition coefficient (Wildman–Crippen LogP) is 2.36. The molecule has 2 fully saturated rings. The van der Waals surface area contributed by atoms with E-state index >= 15 is 0 Å². The molecule has 8 nitrogen and oxygen atoms in total. The molecule has 2 aliphatic heterocycles. The van der Waals surface area contributed by atoms with Gasteiger partial charge in [-0.3, -0.25) is 19.4 Å². The number of carbonyl (C=O) groups is 3. The molecular weight excluding hydrogens is 414 g/mol. The van der Waals surface area contributed by atoms with Crippen molar-refractivity contribution in [3.05, 3.63) is 46.5 Å². The lowest BCUT2D eigenvalue weighted by molar-refractivity contribution is -0.134. The van der Waals surface area contributed by atoms with E-state index in [1.54, 1.807) is 6.92 Å². The molecule has 1 aliphatic carbocycles. The summed E-state index contributed by atoms with van der Waals surface area (Å²) >= 11 is 1.46. The molecule has 1 aromatic heterocycles. The molecule has 2 aromatic rings. The number of anilines is 1. The molecule has 1 saturated carbocycles. The van der Waals surface area contributed by atoms with Crippen LogP contribution in [0.25, 0.3) is 0 Å². The summed E-state index contributed by atoms with van der Waals surface area (Å²) < 4.78 is 0. The molecule has 1 aromatic carbocycles. The number of hydrogen-bond donors (Lipinski definition) is 2. The van der Waals surface area contributed by atoms with Crippen LogP contribution in [0, 0.1) is 5.92 Å². The molecular formula is C22H25N5O3S. The first kappa shape index (κ1) is 20.1. The number of benzene rings is 1. The van der Waals surface area contributed by atoms with E-state index in [9.17, 15) is 14.4 Å². The van der Waals surface area contributed by atoms with E-state index in [1.807, 2.05) is 18.2 Å². The maximum Gasteiger partial charge on any atom is 0.325 e. The molecule has 9 heteroatoms. The normalized spacial score (nSPS) is 23.6. The van der Waals surface area contributed by atoms with E-state index in [1.165, 1.54) is 16.9 Å². The molecule has 1 saturated heterocycles. The first-order valence-electron chi connectivity index (χ1n) is 10.6. The van der Waals surface area contributed by atoms with Crippen molar-refractivity contribution in [2.45, 2.75) is 44.8 Å². The molecule has 2 N–H and O–H groups in total. The summed E-state index contributed by atoms with van der Waals surface area (Å²) in [7, 11) is 0. The summed E-state index contributed by atoms with van der Waals surface area (Å²) in [5, 5.41) is 6.07. The van der Waals surface area contributed by atoms with Gasteiger partial charge in [-0.1, -0.05) is 30.3 Å². The van der Waals surface area contributed by atoms with Gasteiger partial charge in [0.1, 0.15) is 12.1 Å². The average Bonchev–Trinajstić information content (AvgIpc) is 3.49. The molecule has 31 heavy (non-hydrogen) atoms. The average molecular weight is 440 g/mol. The zero-order valence-corrected chi connectivity index (χ0v) is 18.2. The Balaban J connectivity index is 1.19. The van der Waals surface area contributed by atoms with Crippen LogP contribution in [0.1, 0.15) is 35.9 Å². The number of hydrogen-bond acceptors (Lipinski definition) is 6. The van der Waals surface area contributed by atoms with Gasteiger partial charge in [-0.05, 0) is 31.2 Å². The Labute approximate surface area is 184 Å². The van der Waals surface area contributed by atoms with Crippen molar-refractivity contribution in [1.29, 1.82) is 0 Å². The third kappa shape index (κ3) is 3.95. The second kappa shape index (κ2) is 7.72. The Bertz CT molecular complexity index is 1040. The van der Waals surface area contributed by atoms with Crippen molar-refractivity contribution in [2.75, 3.05) is 18.4 Å². The fourth-order valence-electron chi connectivity index (χ4n) is 4.38. The van der Waals surface area contributed by atoms with Crippen molar-refractivity contribution in [3.63, 3.8) is 0 Å². The van der Waals surface area contributed by atoms with E-state index in [4.69, 9.17) is 0 Å². The highest BCUT2D eigenvalue weighted by molar-refractivity contribution is 7.15. The van der Waals surface area contributed by atoms with Crippen LogP contribution in [0.15, 0.2) is 30.3 Å². The van der Waals surface area contributed by atoms with E-state index in [0.717, 1.165) is 54.4 Å². The summed E-state index contributed by atoms with van der Waals surface area (Å²) in [5.41, 5.74) is 1.41. The molecule has 0 radical (unpaired) electrons. The van der Waals surface area contributed by atoms with E-state index in [2.05, 4.69) is 32.7 Å². The Kier molecular flexibility index (Phi) is 5.02. The second-order valence-electron chi connectivity index (χ2n) is 8.68. The summed E-state index contributed by atoms with van der Waals surface area (Å²) in [6.07, 6.45) is 2.68. The first-order valence-corrected chi connectivity index (χ1v) is 11.4. The van der Waals surface area contributed by atoms with Crippen LogP contribution in [0.3, 0.4) is 0 Å². The smallest absolute Gasteiger partial charge is 0.323 e.